The highest BCUT2D eigenvalue weighted by atomic mass is 79.9. The molecule has 0 fully saturated rings. The van der Waals surface area contributed by atoms with Crippen molar-refractivity contribution in [3.05, 3.63) is 82.8 Å². The van der Waals surface area contributed by atoms with Gasteiger partial charge < -0.3 is 0 Å². The Morgan fingerprint density at radius 2 is 1.46 bits per heavy atom. The molecule has 0 saturated heterocycles. The van der Waals surface area contributed by atoms with E-state index in [2.05, 4.69) is 20.9 Å². The molecule has 3 nitrogen and oxygen atoms in total. The quantitative estimate of drug-likeness (QED) is 0.611. The molecule has 24 heavy (non-hydrogen) atoms. The summed E-state index contributed by atoms with van der Waals surface area (Å²) in [6, 6.07) is 22.2. The van der Waals surface area contributed by atoms with Gasteiger partial charge in [-0.1, -0.05) is 64.5 Å². The first-order chi connectivity index (χ1) is 11.6. The number of nitrogens with zero attached hydrogens (tertiary/aromatic N) is 1. The largest absolute Gasteiger partial charge is 0.234 e. The zero-order valence-corrected chi connectivity index (χ0v) is 14.9. The first kappa shape index (κ1) is 15.3. The van der Waals surface area contributed by atoms with Crippen LogP contribution in [0.3, 0.4) is 0 Å². The summed E-state index contributed by atoms with van der Waals surface area (Å²) in [5.74, 6) is 0. The summed E-state index contributed by atoms with van der Waals surface area (Å²) in [6.07, 6.45) is 0. The van der Waals surface area contributed by atoms with E-state index < -0.39 is 9.84 Å². The van der Waals surface area contributed by atoms with E-state index in [0.717, 1.165) is 15.6 Å². The van der Waals surface area contributed by atoms with Crippen molar-refractivity contribution in [2.24, 2.45) is 4.99 Å². The summed E-state index contributed by atoms with van der Waals surface area (Å²) < 4.78 is 26.3. The van der Waals surface area contributed by atoms with E-state index in [1.165, 1.54) is 0 Å². The van der Waals surface area contributed by atoms with Crippen LogP contribution in [0.2, 0.25) is 0 Å². The summed E-state index contributed by atoms with van der Waals surface area (Å²) >= 11 is 3.46. The van der Waals surface area contributed by atoms with Crippen LogP contribution in [-0.4, -0.2) is 13.5 Å². The molecule has 3 aromatic carbocycles. The SMILES string of the molecule is O=S1(=O)C(c2ccc(-c3cccc(Br)c3)cc2)=Nc2ccccc21. The van der Waals surface area contributed by atoms with Gasteiger partial charge in [-0.15, -0.1) is 0 Å². The molecule has 0 unspecified atom stereocenters. The van der Waals surface area contributed by atoms with Gasteiger partial charge in [0.15, 0.2) is 5.04 Å². The molecule has 0 atom stereocenters. The molecule has 0 bridgehead atoms. The predicted octanol–water partition coefficient (Wildman–Crippen LogP) is 4.98. The summed E-state index contributed by atoms with van der Waals surface area (Å²) in [5.41, 5.74) is 3.19. The van der Waals surface area contributed by atoms with Crippen LogP contribution in [-0.2, 0) is 9.84 Å². The Morgan fingerprint density at radius 3 is 2.17 bits per heavy atom. The Morgan fingerprint density at radius 1 is 0.750 bits per heavy atom. The second kappa shape index (κ2) is 5.69. The van der Waals surface area contributed by atoms with Gasteiger partial charge in [-0.25, -0.2) is 13.4 Å². The Balaban J connectivity index is 1.75. The van der Waals surface area contributed by atoms with Crippen LogP contribution in [0, 0.1) is 0 Å². The van der Waals surface area contributed by atoms with Crippen LogP contribution in [0.25, 0.3) is 11.1 Å². The van der Waals surface area contributed by atoms with Crippen LogP contribution in [0.5, 0.6) is 0 Å². The van der Waals surface area contributed by atoms with Crippen molar-refractivity contribution in [2.45, 2.75) is 4.90 Å². The predicted molar refractivity (Wildman–Crippen MR) is 99.4 cm³/mol. The number of para-hydroxylation sites is 1. The number of hydrogen-bond acceptors (Lipinski definition) is 3. The highest BCUT2D eigenvalue weighted by molar-refractivity contribution is 9.10. The van der Waals surface area contributed by atoms with E-state index in [-0.39, 0.29) is 9.94 Å². The van der Waals surface area contributed by atoms with Crippen LogP contribution in [0.1, 0.15) is 5.56 Å². The van der Waals surface area contributed by atoms with Gasteiger partial charge in [-0.2, -0.15) is 0 Å². The number of rotatable bonds is 2. The molecule has 3 aromatic rings. The van der Waals surface area contributed by atoms with Gasteiger partial charge >= 0.3 is 0 Å². The average Bonchev–Trinajstić information content (AvgIpc) is 2.87. The standard InChI is InChI=1S/C19H12BrNO2S/c20-16-5-3-4-15(12-16)13-8-10-14(11-9-13)19-21-17-6-1-2-7-18(17)24(19,22)23/h1-12H. The monoisotopic (exact) mass is 397 g/mol. The Bertz CT molecular complexity index is 1070. The number of sulfone groups is 1. The molecule has 0 N–H and O–H groups in total. The summed E-state index contributed by atoms with van der Waals surface area (Å²) in [7, 11) is -3.54. The molecule has 0 aromatic heterocycles. The highest BCUT2D eigenvalue weighted by Gasteiger charge is 2.32. The van der Waals surface area contributed by atoms with Crippen LogP contribution in [0.15, 0.2) is 87.2 Å². The molecule has 0 amide bonds. The molecule has 0 radical (unpaired) electrons. The Hall–Kier alpha value is -2.24. The number of fused-ring (bicyclic) bond motifs is 1. The molecular formula is C19H12BrNO2S. The van der Waals surface area contributed by atoms with E-state index >= 15 is 0 Å². The van der Waals surface area contributed by atoms with Crippen LogP contribution >= 0.6 is 15.9 Å². The zero-order chi connectivity index (χ0) is 16.7. The number of benzene rings is 3. The van der Waals surface area contributed by atoms with Gasteiger partial charge in [0, 0.05) is 10.0 Å². The van der Waals surface area contributed by atoms with Gasteiger partial charge in [0.2, 0.25) is 9.84 Å². The maximum absolute atomic E-state index is 12.6. The summed E-state index contributed by atoms with van der Waals surface area (Å²) in [6.45, 7) is 0. The van der Waals surface area contributed by atoms with Crippen molar-refractivity contribution in [3.8, 4) is 11.1 Å². The second-order valence-electron chi connectivity index (χ2n) is 5.48. The topological polar surface area (TPSA) is 46.5 Å². The fraction of sp³-hybridized carbons (Fsp3) is 0. The normalized spacial score (nSPS) is 15.0. The minimum absolute atomic E-state index is 0.115. The highest BCUT2D eigenvalue weighted by Crippen LogP contribution is 2.35. The summed E-state index contributed by atoms with van der Waals surface area (Å²) in [4.78, 5) is 4.59. The van der Waals surface area contributed by atoms with Crippen molar-refractivity contribution >= 4 is 36.5 Å². The fourth-order valence-corrected chi connectivity index (χ4v) is 4.66. The molecule has 0 saturated carbocycles. The minimum atomic E-state index is -3.54. The maximum atomic E-state index is 12.6. The van der Waals surface area contributed by atoms with E-state index in [4.69, 9.17) is 0 Å². The Labute approximate surface area is 148 Å². The van der Waals surface area contributed by atoms with E-state index in [1.54, 1.807) is 36.4 Å². The van der Waals surface area contributed by atoms with E-state index in [0.29, 0.717) is 11.3 Å². The van der Waals surface area contributed by atoms with Gasteiger partial charge in [-0.05, 0) is 35.4 Å². The third-order valence-electron chi connectivity index (χ3n) is 3.92. The third-order valence-corrected chi connectivity index (χ3v) is 6.17. The first-order valence-electron chi connectivity index (χ1n) is 7.35. The maximum Gasteiger partial charge on any atom is 0.226 e. The number of hydrogen-bond donors (Lipinski definition) is 0. The molecule has 1 aliphatic heterocycles. The lowest BCUT2D eigenvalue weighted by atomic mass is 10.0. The van der Waals surface area contributed by atoms with Crippen molar-refractivity contribution in [2.75, 3.05) is 0 Å². The third kappa shape index (κ3) is 2.50. The van der Waals surface area contributed by atoms with E-state index in [1.807, 2.05) is 36.4 Å². The van der Waals surface area contributed by atoms with Crippen LogP contribution < -0.4 is 0 Å². The number of aliphatic imine (C=N–C) groups is 1. The fourth-order valence-electron chi connectivity index (χ4n) is 2.74. The molecule has 1 aliphatic rings. The zero-order valence-electron chi connectivity index (χ0n) is 12.5. The van der Waals surface area contributed by atoms with E-state index in [9.17, 15) is 8.42 Å². The van der Waals surface area contributed by atoms with Gasteiger partial charge in [0.1, 0.15) is 0 Å². The molecule has 5 heteroatoms. The minimum Gasteiger partial charge on any atom is -0.234 e. The van der Waals surface area contributed by atoms with Crippen molar-refractivity contribution in [1.29, 1.82) is 0 Å². The van der Waals surface area contributed by atoms with Gasteiger partial charge in [0.25, 0.3) is 0 Å². The molecule has 118 valence electrons. The second-order valence-corrected chi connectivity index (χ2v) is 8.22. The average molecular weight is 398 g/mol. The lowest BCUT2D eigenvalue weighted by Gasteiger charge is -2.05. The van der Waals surface area contributed by atoms with Crippen molar-refractivity contribution in [1.82, 2.24) is 0 Å². The lowest BCUT2D eigenvalue weighted by molar-refractivity contribution is 0.608. The van der Waals surface area contributed by atoms with Crippen molar-refractivity contribution < 1.29 is 8.42 Å². The van der Waals surface area contributed by atoms with Gasteiger partial charge in [0.05, 0.1) is 10.6 Å². The van der Waals surface area contributed by atoms with Crippen LogP contribution in [0.4, 0.5) is 5.69 Å². The smallest absolute Gasteiger partial charge is 0.226 e. The Kier molecular flexibility index (Phi) is 3.62. The molecule has 0 aliphatic carbocycles. The van der Waals surface area contributed by atoms with Crippen molar-refractivity contribution in [3.63, 3.8) is 0 Å². The molecular weight excluding hydrogens is 386 g/mol. The number of halogens is 1. The van der Waals surface area contributed by atoms with Gasteiger partial charge in [-0.3, -0.25) is 0 Å². The first-order valence-corrected chi connectivity index (χ1v) is 9.62. The summed E-state index contributed by atoms with van der Waals surface area (Å²) in [5, 5.41) is 0.115. The lowest BCUT2D eigenvalue weighted by Crippen LogP contribution is -2.12. The molecule has 4 rings (SSSR count). The molecule has 0 spiro atoms. The molecule has 1 heterocycles.